The van der Waals surface area contributed by atoms with Gasteiger partial charge in [0.25, 0.3) is 0 Å². The van der Waals surface area contributed by atoms with Gasteiger partial charge in [0.15, 0.2) is 0 Å². The van der Waals surface area contributed by atoms with E-state index in [1.807, 2.05) is 0 Å². The molecule has 0 aliphatic heterocycles. The van der Waals surface area contributed by atoms with Crippen molar-refractivity contribution in [2.24, 2.45) is 11.3 Å². The molecule has 0 aliphatic rings. The highest BCUT2D eigenvalue weighted by atomic mass is 16.5. The molecule has 0 aromatic heterocycles. The topological polar surface area (TPSA) is 9.23 Å². The third-order valence-electron chi connectivity index (χ3n) is 1.90. The molecule has 1 heteroatoms. The molecule has 56 valence electrons. The van der Waals surface area contributed by atoms with Crippen LogP contribution in [0.15, 0.2) is 0 Å². The molecule has 9 heavy (non-hydrogen) atoms. The lowest BCUT2D eigenvalue weighted by atomic mass is 9.83. The molecule has 0 aliphatic carbocycles. The Kier molecular flexibility index (Phi) is 3.20. The van der Waals surface area contributed by atoms with E-state index in [1.54, 1.807) is 7.11 Å². The summed E-state index contributed by atoms with van der Waals surface area (Å²) in [6.45, 7) is 9.77. The van der Waals surface area contributed by atoms with E-state index < -0.39 is 0 Å². The van der Waals surface area contributed by atoms with Crippen molar-refractivity contribution in [3.05, 3.63) is 0 Å². The fourth-order valence-corrected chi connectivity index (χ4v) is 0.500. The van der Waals surface area contributed by atoms with Gasteiger partial charge >= 0.3 is 0 Å². The monoisotopic (exact) mass is 130 g/mol. The van der Waals surface area contributed by atoms with Gasteiger partial charge in [0.2, 0.25) is 0 Å². The Bertz CT molecular complexity index is 71.1. The summed E-state index contributed by atoms with van der Waals surface area (Å²) in [6.07, 6.45) is 0. The van der Waals surface area contributed by atoms with Gasteiger partial charge in [0.05, 0.1) is 0 Å². The van der Waals surface area contributed by atoms with Gasteiger partial charge < -0.3 is 4.74 Å². The van der Waals surface area contributed by atoms with Crippen molar-refractivity contribution in [3.8, 4) is 0 Å². The minimum Gasteiger partial charge on any atom is -0.384 e. The van der Waals surface area contributed by atoms with Gasteiger partial charge in [-0.15, -0.1) is 0 Å². The first-order valence-corrected chi connectivity index (χ1v) is 3.47. The van der Waals surface area contributed by atoms with Crippen LogP contribution in [0.3, 0.4) is 0 Å². The molecule has 0 amide bonds. The van der Waals surface area contributed by atoms with Crippen LogP contribution in [0.5, 0.6) is 0 Å². The lowest BCUT2D eigenvalue weighted by molar-refractivity contribution is 0.101. The maximum atomic E-state index is 5.03. The predicted molar refractivity (Wildman–Crippen MR) is 40.5 cm³/mol. The molecule has 1 atom stereocenters. The van der Waals surface area contributed by atoms with E-state index >= 15 is 0 Å². The Morgan fingerprint density at radius 3 is 1.89 bits per heavy atom. The van der Waals surface area contributed by atoms with Crippen molar-refractivity contribution in [1.29, 1.82) is 0 Å². The van der Waals surface area contributed by atoms with Crippen LogP contribution < -0.4 is 0 Å². The highest BCUT2D eigenvalue weighted by Crippen LogP contribution is 2.24. The maximum Gasteiger partial charge on any atom is 0.0492 e. The van der Waals surface area contributed by atoms with E-state index in [1.165, 1.54) is 0 Å². The number of ether oxygens (including phenoxy) is 1. The molecule has 0 aromatic rings. The molecule has 0 saturated heterocycles. The molecule has 0 radical (unpaired) electrons. The van der Waals surface area contributed by atoms with Crippen molar-refractivity contribution in [3.63, 3.8) is 0 Å². The van der Waals surface area contributed by atoms with E-state index in [0.717, 1.165) is 6.61 Å². The Labute approximate surface area is 58.4 Å². The summed E-state index contributed by atoms with van der Waals surface area (Å²) in [5.74, 6) is 0.641. The average Bonchev–Trinajstić information content (AvgIpc) is 1.64. The second-order valence-corrected chi connectivity index (χ2v) is 3.72. The van der Waals surface area contributed by atoms with E-state index in [2.05, 4.69) is 27.7 Å². The first-order valence-electron chi connectivity index (χ1n) is 3.47. The minimum absolute atomic E-state index is 0.385. The zero-order valence-corrected chi connectivity index (χ0v) is 7.19. The van der Waals surface area contributed by atoms with Crippen LogP contribution in [0.1, 0.15) is 27.7 Å². The first-order chi connectivity index (χ1) is 3.98. The van der Waals surface area contributed by atoms with Crippen LogP contribution >= 0.6 is 0 Å². The number of hydrogen-bond acceptors (Lipinski definition) is 1. The van der Waals surface area contributed by atoms with Crippen LogP contribution in [0, 0.1) is 11.3 Å². The molecular formula is C8H18O. The van der Waals surface area contributed by atoms with Crippen LogP contribution in [0.2, 0.25) is 0 Å². The zero-order chi connectivity index (χ0) is 7.49. The highest BCUT2D eigenvalue weighted by molar-refractivity contribution is 4.68. The number of methoxy groups -OCH3 is 1. The Morgan fingerprint density at radius 2 is 1.78 bits per heavy atom. The third kappa shape index (κ3) is 3.52. The molecule has 1 nitrogen and oxygen atoms in total. The quantitative estimate of drug-likeness (QED) is 0.557. The highest BCUT2D eigenvalue weighted by Gasteiger charge is 2.18. The van der Waals surface area contributed by atoms with Gasteiger partial charge in [-0.2, -0.15) is 0 Å². The molecule has 0 fully saturated rings. The Balaban J connectivity index is 3.59. The average molecular weight is 130 g/mol. The molecule has 0 heterocycles. The lowest BCUT2D eigenvalue weighted by Crippen LogP contribution is -2.21. The lowest BCUT2D eigenvalue weighted by Gasteiger charge is -2.26. The molecule has 0 bridgehead atoms. The van der Waals surface area contributed by atoms with Crippen LogP contribution in [0.25, 0.3) is 0 Å². The molecule has 0 aromatic carbocycles. The van der Waals surface area contributed by atoms with E-state index in [9.17, 15) is 0 Å². The normalized spacial score (nSPS) is 15.7. The third-order valence-corrected chi connectivity index (χ3v) is 1.90. The molecule has 0 rings (SSSR count). The SMILES string of the molecule is COC[C@@H](C)C(C)(C)C. The summed E-state index contributed by atoms with van der Waals surface area (Å²) < 4.78 is 5.03. The van der Waals surface area contributed by atoms with E-state index in [4.69, 9.17) is 4.74 Å². The van der Waals surface area contributed by atoms with Crippen molar-refractivity contribution in [2.45, 2.75) is 27.7 Å². The van der Waals surface area contributed by atoms with Gasteiger partial charge in [-0.1, -0.05) is 27.7 Å². The summed E-state index contributed by atoms with van der Waals surface area (Å²) in [7, 11) is 1.75. The Morgan fingerprint density at radius 1 is 1.33 bits per heavy atom. The zero-order valence-electron chi connectivity index (χ0n) is 7.19. The second-order valence-electron chi connectivity index (χ2n) is 3.72. The summed E-state index contributed by atoms with van der Waals surface area (Å²) in [5.41, 5.74) is 0.385. The largest absolute Gasteiger partial charge is 0.384 e. The summed E-state index contributed by atoms with van der Waals surface area (Å²) >= 11 is 0. The number of rotatable bonds is 2. The van der Waals surface area contributed by atoms with Gasteiger partial charge in [-0.05, 0) is 11.3 Å². The van der Waals surface area contributed by atoms with Crippen LogP contribution in [-0.4, -0.2) is 13.7 Å². The molecule has 0 unspecified atom stereocenters. The summed E-state index contributed by atoms with van der Waals surface area (Å²) in [6, 6.07) is 0. The minimum atomic E-state index is 0.385. The Hall–Kier alpha value is -0.0400. The molecule has 0 spiro atoms. The van der Waals surface area contributed by atoms with Gasteiger partial charge in [0.1, 0.15) is 0 Å². The maximum absolute atomic E-state index is 5.03. The van der Waals surface area contributed by atoms with Crippen molar-refractivity contribution < 1.29 is 4.74 Å². The van der Waals surface area contributed by atoms with Crippen molar-refractivity contribution >= 4 is 0 Å². The summed E-state index contributed by atoms with van der Waals surface area (Å²) in [5, 5.41) is 0. The van der Waals surface area contributed by atoms with Gasteiger partial charge in [-0.25, -0.2) is 0 Å². The predicted octanol–water partition coefficient (Wildman–Crippen LogP) is 2.32. The second kappa shape index (κ2) is 3.21. The van der Waals surface area contributed by atoms with Crippen molar-refractivity contribution in [1.82, 2.24) is 0 Å². The van der Waals surface area contributed by atoms with Gasteiger partial charge in [-0.3, -0.25) is 0 Å². The van der Waals surface area contributed by atoms with Gasteiger partial charge in [0, 0.05) is 13.7 Å². The van der Waals surface area contributed by atoms with Crippen molar-refractivity contribution in [2.75, 3.05) is 13.7 Å². The molecule has 0 saturated carbocycles. The smallest absolute Gasteiger partial charge is 0.0492 e. The standard InChI is InChI=1S/C8H18O/c1-7(6-9-5)8(2,3)4/h7H,6H2,1-5H3/t7-/m1/s1. The van der Waals surface area contributed by atoms with Crippen LogP contribution in [0.4, 0.5) is 0 Å². The fraction of sp³-hybridized carbons (Fsp3) is 1.00. The molecular weight excluding hydrogens is 112 g/mol. The van der Waals surface area contributed by atoms with E-state index in [-0.39, 0.29) is 0 Å². The summed E-state index contributed by atoms with van der Waals surface area (Å²) in [4.78, 5) is 0. The molecule has 0 N–H and O–H groups in total. The fourth-order valence-electron chi connectivity index (χ4n) is 0.500. The number of hydrogen-bond donors (Lipinski definition) is 0. The van der Waals surface area contributed by atoms with Crippen LogP contribution in [-0.2, 0) is 4.74 Å². The van der Waals surface area contributed by atoms with E-state index in [0.29, 0.717) is 11.3 Å². The first kappa shape index (κ1) is 8.96.